The Morgan fingerprint density at radius 1 is 1.14 bits per heavy atom. The van der Waals surface area contributed by atoms with E-state index in [2.05, 4.69) is 71.8 Å². The van der Waals surface area contributed by atoms with Gasteiger partial charge in [-0.15, -0.1) is 0 Å². The number of carbonyl (C=O) groups excluding carboxylic acids is 1. The van der Waals surface area contributed by atoms with Crippen molar-refractivity contribution in [3.8, 4) is 0 Å². The molecule has 0 aromatic heterocycles. The molecule has 28 heavy (non-hydrogen) atoms. The van der Waals surface area contributed by atoms with Crippen LogP contribution in [-0.2, 0) is 24.3 Å². The van der Waals surface area contributed by atoms with E-state index in [1.807, 2.05) is 6.07 Å². The Bertz CT molecular complexity index is 773. The van der Waals surface area contributed by atoms with E-state index in [1.165, 1.54) is 23.1 Å². The molecule has 2 N–H and O–H groups in total. The molecule has 2 aromatic rings. The zero-order valence-electron chi connectivity index (χ0n) is 17.4. The Balaban J connectivity index is 1.65. The van der Waals surface area contributed by atoms with Crippen molar-refractivity contribution in [3.63, 3.8) is 0 Å². The second-order valence-electron chi connectivity index (χ2n) is 8.24. The first-order valence-electron chi connectivity index (χ1n) is 10.4. The molecule has 0 spiro atoms. The van der Waals surface area contributed by atoms with Crippen LogP contribution >= 0.6 is 0 Å². The highest BCUT2D eigenvalue weighted by atomic mass is 16.1. The summed E-state index contributed by atoms with van der Waals surface area (Å²) in [5.41, 5.74) is 4.97. The molecule has 1 aliphatic heterocycles. The highest BCUT2D eigenvalue weighted by Crippen LogP contribution is 2.31. The van der Waals surface area contributed by atoms with Gasteiger partial charge < -0.3 is 10.6 Å². The first kappa shape index (κ1) is 20.6. The smallest absolute Gasteiger partial charge is 0.221 e. The number of hydrogen-bond acceptors (Lipinski definition) is 3. The first-order chi connectivity index (χ1) is 13.5. The molecule has 0 fully saturated rings. The normalized spacial score (nSPS) is 16.8. The second kappa shape index (κ2) is 9.85. The molecule has 1 heterocycles. The third-order valence-corrected chi connectivity index (χ3v) is 5.40. The Hall–Kier alpha value is -2.17. The number of carbonyl (C=O) groups is 1. The van der Waals surface area contributed by atoms with Crippen molar-refractivity contribution in [2.45, 2.75) is 52.7 Å². The van der Waals surface area contributed by atoms with Crippen LogP contribution in [0, 0.1) is 5.92 Å². The molecule has 1 unspecified atom stereocenters. The van der Waals surface area contributed by atoms with Crippen molar-refractivity contribution in [1.82, 2.24) is 10.2 Å². The SMILES string of the molecule is CC(=O)Nc1cccc2c1CC(CC(C)C)N(CCNCc1ccccc1)C2. The monoisotopic (exact) mass is 379 g/mol. The average Bonchev–Trinajstić information content (AvgIpc) is 2.66. The van der Waals surface area contributed by atoms with Gasteiger partial charge in [-0.1, -0.05) is 56.3 Å². The van der Waals surface area contributed by atoms with E-state index < -0.39 is 0 Å². The summed E-state index contributed by atoms with van der Waals surface area (Å²) in [6.45, 7) is 10.0. The Morgan fingerprint density at radius 2 is 1.93 bits per heavy atom. The molecule has 0 aliphatic carbocycles. The van der Waals surface area contributed by atoms with Crippen LogP contribution in [0.3, 0.4) is 0 Å². The van der Waals surface area contributed by atoms with Crippen LogP contribution in [-0.4, -0.2) is 29.9 Å². The molecule has 1 atom stereocenters. The molecule has 1 amide bonds. The van der Waals surface area contributed by atoms with Crippen molar-refractivity contribution in [3.05, 3.63) is 65.2 Å². The standard InChI is InChI=1S/C24H33N3O/c1-18(2)14-22-15-23-21(10-7-11-24(23)26-19(3)28)17-27(22)13-12-25-16-20-8-5-4-6-9-20/h4-11,18,22,25H,12-17H2,1-3H3,(H,26,28). The van der Waals surface area contributed by atoms with Crippen LogP contribution in [0.2, 0.25) is 0 Å². The molecule has 0 saturated heterocycles. The number of amides is 1. The van der Waals surface area contributed by atoms with Gasteiger partial charge in [0.15, 0.2) is 0 Å². The summed E-state index contributed by atoms with van der Waals surface area (Å²) in [4.78, 5) is 14.2. The molecule has 150 valence electrons. The van der Waals surface area contributed by atoms with Crippen molar-refractivity contribution in [2.24, 2.45) is 5.92 Å². The fraction of sp³-hybridized carbons (Fsp3) is 0.458. The van der Waals surface area contributed by atoms with Gasteiger partial charge in [0.1, 0.15) is 0 Å². The predicted molar refractivity (Wildman–Crippen MR) is 116 cm³/mol. The lowest BCUT2D eigenvalue weighted by Crippen LogP contribution is -2.44. The number of nitrogens with zero attached hydrogens (tertiary/aromatic N) is 1. The maximum atomic E-state index is 11.6. The zero-order chi connectivity index (χ0) is 19.9. The summed E-state index contributed by atoms with van der Waals surface area (Å²) in [6.07, 6.45) is 2.18. The van der Waals surface area contributed by atoms with Crippen LogP contribution in [0.15, 0.2) is 48.5 Å². The van der Waals surface area contributed by atoms with Crippen LogP contribution < -0.4 is 10.6 Å². The minimum Gasteiger partial charge on any atom is -0.326 e. The first-order valence-corrected chi connectivity index (χ1v) is 10.4. The van der Waals surface area contributed by atoms with E-state index in [-0.39, 0.29) is 5.91 Å². The largest absolute Gasteiger partial charge is 0.326 e. The van der Waals surface area contributed by atoms with Gasteiger partial charge in [-0.2, -0.15) is 0 Å². The summed E-state index contributed by atoms with van der Waals surface area (Å²) in [7, 11) is 0. The molecular formula is C24H33N3O. The number of nitrogens with one attached hydrogen (secondary N) is 2. The van der Waals surface area contributed by atoms with Gasteiger partial charge in [0.05, 0.1) is 0 Å². The van der Waals surface area contributed by atoms with Crippen LogP contribution in [0.4, 0.5) is 5.69 Å². The van der Waals surface area contributed by atoms with Crippen molar-refractivity contribution in [1.29, 1.82) is 0 Å². The number of hydrogen-bond donors (Lipinski definition) is 2. The molecule has 4 heteroatoms. The van der Waals surface area contributed by atoms with Crippen molar-refractivity contribution >= 4 is 11.6 Å². The quantitative estimate of drug-likeness (QED) is 0.676. The number of fused-ring (bicyclic) bond motifs is 1. The lowest BCUT2D eigenvalue weighted by molar-refractivity contribution is -0.114. The molecule has 3 rings (SSSR count). The van der Waals surface area contributed by atoms with E-state index in [0.717, 1.165) is 38.3 Å². The minimum atomic E-state index is 0.00125. The summed E-state index contributed by atoms with van der Waals surface area (Å²) >= 11 is 0. The highest BCUT2D eigenvalue weighted by Gasteiger charge is 2.28. The Kier molecular flexibility index (Phi) is 7.24. The molecule has 4 nitrogen and oxygen atoms in total. The molecular weight excluding hydrogens is 346 g/mol. The van der Waals surface area contributed by atoms with Crippen molar-refractivity contribution in [2.75, 3.05) is 18.4 Å². The number of anilines is 1. The number of benzene rings is 2. The van der Waals surface area contributed by atoms with Gasteiger partial charge in [0.25, 0.3) is 0 Å². The van der Waals surface area contributed by atoms with Gasteiger partial charge >= 0.3 is 0 Å². The fourth-order valence-electron chi connectivity index (χ4n) is 4.13. The van der Waals surface area contributed by atoms with Gasteiger partial charge in [-0.25, -0.2) is 0 Å². The third-order valence-electron chi connectivity index (χ3n) is 5.40. The lowest BCUT2D eigenvalue weighted by atomic mass is 9.88. The Labute approximate surface area is 169 Å². The summed E-state index contributed by atoms with van der Waals surface area (Å²) in [5, 5.41) is 6.61. The van der Waals surface area contributed by atoms with E-state index >= 15 is 0 Å². The summed E-state index contributed by atoms with van der Waals surface area (Å²) in [6, 6.07) is 17.4. The fourth-order valence-corrected chi connectivity index (χ4v) is 4.13. The van der Waals surface area contributed by atoms with Crippen molar-refractivity contribution < 1.29 is 4.79 Å². The summed E-state index contributed by atoms with van der Waals surface area (Å²) < 4.78 is 0. The maximum absolute atomic E-state index is 11.6. The molecule has 0 saturated carbocycles. The molecule has 0 bridgehead atoms. The zero-order valence-corrected chi connectivity index (χ0v) is 17.4. The molecule has 2 aromatic carbocycles. The topological polar surface area (TPSA) is 44.4 Å². The van der Waals surface area contributed by atoms with E-state index in [1.54, 1.807) is 6.92 Å². The van der Waals surface area contributed by atoms with Gasteiger partial charge in [0, 0.05) is 44.8 Å². The van der Waals surface area contributed by atoms with Gasteiger partial charge in [-0.3, -0.25) is 9.69 Å². The predicted octanol–water partition coefficient (Wildman–Crippen LogP) is 4.21. The van der Waals surface area contributed by atoms with Gasteiger partial charge in [0.2, 0.25) is 5.91 Å². The third kappa shape index (κ3) is 5.66. The van der Waals surface area contributed by atoms with Crippen LogP contribution in [0.5, 0.6) is 0 Å². The second-order valence-corrected chi connectivity index (χ2v) is 8.24. The molecule has 0 radical (unpaired) electrons. The van der Waals surface area contributed by atoms with Crippen LogP contribution in [0.1, 0.15) is 43.9 Å². The minimum absolute atomic E-state index is 0.00125. The van der Waals surface area contributed by atoms with E-state index in [4.69, 9.17) is 0 Å². The lowest BCUT2D eigenvalue weighted by Gasteiger charge is -2.38. The average molecular weight is 380 g/mol. The summed E-state index contributed by atoms with van der Waals surface area (Å²) in [5.74, 6) is 0.653. The van der Waals surface area contributed by atoms with Crippen LogP contribution in [0.25, 0.3) is 0 Å². The maximum Gasteiger partial charge on any atom is 0.221 e. The number of rotatable bonds is 8. The Morgan fingerprint density at radius 3 is 2.64 bits per heavy atom. The van der Waals surface area contributed by atoms with Gasteiger partial charge in [-0.05, 0) is 41.5 Å². The van der Waals surface area contributed by atoms with E-state index in [0.29, 0.717) is 12.0 Å². The molecule has 1 aliphatic rings. The van der Waals surface area contributed by atoms with E-state index in [9.17, 15) is 4.79 Å². The highest BCUT2D eigenvalue weighted by molar-refractivity contribution is 5.89.